The average molecular weight is 498 g/mol. The summed E-state index contributed by atoms with van der Waals surface area (Å²) in [7, 11) is -1.97. The molecule has 3 aromatic rings. The number of nitrogens with one attached hydrogen (secondary N) is 1. The zero-order valence-electron chi connectivity index (χ0n) is 19.6. The Hall–Kier alpha value is -3.37. The standard InChI is InChI=1S/C25H27N3O6S/c1-16(17-5-8-22-23(13-17)34-12-11-33-22)26-25(30)20-15-27(2)21-7-6-18(14-19(21)24(20)29)35(31,32)28-9-3-4-10-28/h5-8,13-16H,3-4,9-12H2,1-2H3,(H,26,30)/t16-/m0/s1. The number of hydrogen-bond acceptors (Lipinski definition) is 6. The number of rotatable bonds is 5. The Morgan fingerprint density at radius 3 is 2.49 bits per heavy atom. The number of pyridine rings is 1. The van der Waals surface area contributed by atoms with Crippen molar-refractivity contribution in [2.24, 2.45) is 7.05 Å². The molecule has 1 amide bonds. The highest BCUT2D eigenvalue weighted by atomic mass is 32.2. The van der Waals surface area contributed by atoms with Gasteiger partial charge in [-0.3, -0.25) is 9.59 Å². The van der Waals surface area contributed by atoms with Crippen molar-refractivity contribution in [3.63, 3.8) is 0 Å². The van der Waals surface area contributed by atoms with Gasteiger partial charge >= 0.3 is 0 Å². The Morgan fingerprint density at radius 1 is 1.03 bits per heavy atom. The molecule has 0 saturated carbocycles. The van der Waals surface area contributed by atoms with Gasteiger partial charge in [0.1, 0.15) is 18.8 Å². The second-order valence-electron chi connectivity index (χ2n) is 8.87. The minimum atomic E-state index is -3.69. The fourth-order valence-electron chi connectivity index (χ4n) is 4.56. The van der Waals surface area contributed by atoms with E-state index in [4.69, 9.17) is 9.47 Å². The molecule has 35 heavy (non-hydrogen) atoms. The maximum atomic E-state index is 13.3. The van der Waals surface area contributed by atoms with Gasteiger partial charge in [-0.15, -0.1) is 0 Å². The van der Waals surface area contributed by atoms with Gasteiger partial charge in [-0.05, 0) is 55.7 Å². The number of carbonyl (C=O) groups is 1. The van der Waals surface area contributed by atoms with Crippen LogP contribution in [0.3, 0.4) is 0 Å². The highest BCUT2D eigenvalue weighted by molar-refractivity contribution is 7.89. The molecule has 2 aromatic carbocycles. The second-order valence-corrected chi connectivity index (χ2v) is 10.8. The molecule has 1 aromatic heterocycles. The molecule has 0 bridgehead atoms. The summed E-state index contributed by atoms with van der Waals surface area (Å²) in [6.45, 7) is 3.71. The van der Waals surface area contributed by atoms with Gasteiger partial charge in [-0.2, -0.15) is 4.31 Å². The molecule has 0 aliphatic carbocycles. The van der Waals surface area contributed by atoms with Crippen molar-refractivity contribution >= 4 is 26.8 Å². The van der Waals surface area contributed by atoms with Crippen molar-refractivity contribution in [3.8, 4) is 11.5 Å². The van der Waals surface area contributed by atoms with Crippen LogP contribution in [-0.4, -0.2) is 49.5 Å². The SMILES string of the molecule is C[C@H](NC(=O)c1cn(C)c2ccc(S(=O)(=O)N3CCCC3)cc2c1=O)c1ccc2c(c1)OCCO2. The summed E-state index contributed by atoms with van der Waals surface area (Å²) >= 11 is 0. The maximum Gasteiger partial charge on any atom is 0.257 e. The van der Waals surface area contributed by atoms with Crippen molar-refractivity contribution in [1.82, 2.24) is 14.2 Å². The number of sulfonamides is 1. The smallest absolute Gasteiger partial charge is 0.257 e. The van der Waals surface area contributed by atoms with Gasteiger partial charge in [0.2, 0.25) is 15.5 Å². The average Bonchev–Trinajstić information content (AvgIpc) is 3.41. The van der Waals surface area contributed by atoms with E-state index in [2.05, 4.69) is 5.32 Å². The van der Waals surface area contributed by atoms with Gasteiger partial charge in [-0.25, -0.2) is 8.42 Å². The fraction of sp³-hybridized carbons (Fsp3) is 0.360. The van der Waals surface area contributed by atoms with Crippen LogP contribution in [0.1, 0.15) is 41.7 Å². The summed E-state index contributed by atoms with van der Waals surface area (Å²) in [6.07, 6.45) is 3.12. The number of amides is 1. The number of ether oxygens (including phenoxy) is 2. The minimum absolute atomic E-state index is 0.0555. The second kappa shape index (κ2) is 9.01. The van der Waals surface area contributed by atoms with E-state index in [1.807, 2.05) is 19.1 Å². The molecular weight excluding hydrogens is 470 g/mol. The van der Waals surface area contributed by atoms with Crippen LogP contribution in [0.5, 0.6) is 11.5 Å². The normalized spacial score (nSPS) is 16.9. The third kappa shape index (κ3) is 4.28. The van der Waals surface area contributed by atoms with Crippen LogP contribution in [0.4, 0.5) is 0 Å². The Morgan fingerprint density at radius 2 is 1.74 bits per heavy atom. The van der Waals surface area contributed by atoms with Crippen LogP contribution < -0.4 is 20.2 Å². The van der Waals surface area contributed by atoms with Crippen LogP contribution >= 0.6 is 0 Å². The first kappa shape index (κ1) is 23.4. The van der Waals surface area contributed by atoms with Gasteiger partial charge in [0, 0.05) is 31.7 Å². The Kier molecular flexibility index (Phi) is 6.02. The summed E-state index contributed by atoms with van der Waals surface area (Å²) in [5.74, 6) is 0.729. The molecule has 2 aliphatic rings. The lowest BCUT2D eigenvalue weighted by Crippen LogP contribution is -2.32. The number of carbonyl (C=O) groups excluding carboxylic acids is 1. The first-order valence-corrected chi connectivity index (χ1v) is 13.0. The predicted octanol–water partition coefficient (Wildman–Crippen LogP) is 2.59. The molecule has 184 valence electrons. The monoisotopic (exact) mass is 497 g/mol. The lowest BCUT2D eigenvalue weighted by Gasteiger charge is -2.21. The van der Waals surface area contributed by atoms with Crippen LogP contribution in [0.25, 0.3) is 10.9 Å². The molecule has 2 aliphatic heterocycles. The Bertz CT molecular complexity index is 1470. The number of fused-ring (bicyclic) bond motifs is 2. The summed E-state index contributed by atoms with van der Waals surface area (Å²) in [6, 6.07) is 9.55. The molecule has 9 nitrogen and oxygen atoms in total. The lowest BCUT2D eigenvalue weighted by atomic mass is 10.1. The topological polar surface area (TPSA) is 107 Å². The number of hydrogen-bond donors (Lipinski definition) is 1. The van der Waals surface area contributed by atoms with Crippen LogP contribution in [-0.2, 0) is 17.1 Å². The molecular formula is C25H27N3O6S. The van der Waals surface area contributed by atoms with Gasteiger partial charge < -0.3 is 19.4 Å². The van der Waals surface area contributed by atoms with Crippen molar-refractivity contribution in [1.29, 1.82) is 0 Å². The molecule has 0 unspecified atom stereocenters. The summed E-state index contributed by atoms with van der Waals surface area (Å²) < 4.78 is 40.3. The molecule has 0 radical (unpaired) electrons. The predicted molar refractivity (Wildman–Crippen MR) is 130 cm³/mol. The zero-order chi connectivity index (χ0) is 24.7. The number of nitrogens with zero attached hydrogens (tertiary/aromatic N) is 2. The minimum Gasteiger partial charge on any atom is -0.486 e. The molecule has 1 saturated heterocycles. The Labute approximate surface area is 203 Å². The van der Waals surface area contributed by atoms with Gasteiger partial charge in [0.25, 0.3) is 5.91 Å². The van der Waals surface area contributed by atoms with E-state index < -0.39 is 27.4 Å². The molecule has 1 fully saturated rings. The quantitative estimate of drug-likeness (QED) is 0.581. The van der Waals surface area contributed by atoms with E-state index in [0.29, 0.717) is 43.3 Å². The molecule has 5 rings (SSSR count). The van der Waals surface area contributed by atoms with Crippen molar-refractivity contribution < 1.29 is 22.7 Å². The van der Waals surface area contributed by atoms with E-state index in [9.17, 15) is 18.0 Å². The molecule has 3 heterocycles. The number of aromatic nitrogens is 1. The van der Waals surface area contributed by atoms with Crippen LogP contribution in [0.15, 0.2) is 52.3 Å². The van der Waals surface area contributed by atoms with Crippen molar-refractivity contribution in [2.75, 3.05) is 26.3 Å². The van der Waals surface area contributed by atoms with Crippen molar-refractivity contribution in [2.45, 2.75) is 30.7 Å². The summed E-state index contributed by atoms with van der Waals surface area (Å²) in [5, 5.41) is 3.05. The first-order chi connectivity index (χ1) is 16.8. The zero-order valence-corrected chi connectivity index (χ0v) is 20.4. The third-order valence-electron chi connectivity index (χ3n) is 6.52. The van der Waals surface area contributed by atoms with E-state index in [-0.39, 0.29) is 15.8 Å². The third-order valence-corrected chi connectivity index (χ3v) is 8.42. The van der Waals surface area contributed by atoms with Crippen LogP contribution in [0, 0.1) is 0 Å². The van der Waals surface area contributed by atoms with Gasteiger partial charge in [0.15, 0.2) is 11.5 Å². The molecule has 1 atom stereocenters. The fourth-order valence-corrected chi connectivity index (χ4v) is 6.10. The number of benzene rings is 2. The molecule has 0 spiro atoms. The van der Waals surface area contributed by atoms with Gasteiger partial charge in [-0.1, -0.05) is 6.07 Å². The largest absolute Gasteiger partial charge is 0.486 e. The van der Waals surface area contributed by atoms with E-state index >= 15 is 0 Å². The number of aryl methyl sites for hydroxylation is 1. The van der Waals surface area contributed by atoms with Crippen molar-refractivity contribution in [3.05, 3.63) is 63.9 Å². The van der Waals surface area contributed by atoms with E-state index in [1.54, 1.807) is 23.7 Å². The Balaban J connectivity index is 1.46. The molecule has 10 heteroatoms. The first-order valence-electron chi connectivity index (χ1n) is 11.6. The van der Waals surface area contributed by atoms with Gasteiger partial charge in [0.05, 0.1) is 16.5 Å². The molecule has 1 N–H and O–H groups in total. The van der Waals surface area contributed by atoms with Crippen LogP contribution in [0.2, 0.25) is 0 Å². The lowest BCUT2D eigenvalue weighted by molar-refractivity contribution is 0.0938. The highest BCUT2D eigenvalue weighted by Crippen LogP contribution is 2.32. The summed E-state index contributed by atoms with van der Waals surface area (Å²) in [5.41, 5.74) is 0.787. The van der Waals surface area contributed by atoms with E-state index in [0.717, 1.165) is 18.4 Å². The van der Waals surface area contributed by atoms with E-state index in [1.165, 1.54) is 22.6 Å². The maximum absolute atomic E-state index is 13.3. The highest BCUT2D eigenvalue weighted by Gasteiger charge is 2.28. The summed E-state index contributed by atoms with van der Waals surface area (Å²) in [4.78, 5) is 26.5.